The smallest absolute Gasteiger partial charge is 0.163 e. The van der Waals surface area contributed by atoms with Crippen molar-refractivity contribution in [3.8, 4) is 0 Å². The van der Waals surface area contributed by atoms with Gasteiger partial charge in [0.15, 0.2) is 5.78 Å². The van der Waals surface area contributed by atoms with Crippen LogP contribution in [0.15, 0.2) is 18.2 Å². The highest BCUT2D eigenvalue weighted by Crippen LogP contribution is 2.10. The summed E-state index contributed by atoms with van der Waals surface area (Å²) in [4.78, 5) is 21.2. The summed E-state index contributed by atoms with van der Waals surface area (Å²) in [5.41, 5.74) is -0.0376. The lowest BCUT2D eigenvalue weighted by atomic mass is 10.1. The largest absolute Gasteiger partial charge is 0.303 e. The molecule has 0 saturated carbocycles. The predicted octanol–water partition coefficient (Wildman–Crippen LogP) is 2.13. The van der Waals surface area contributed by atoms with Gasteiger partial charge in [-0.15, -0.1) is 0 Å². The van der Waals surface area contributed by atoms with E-state index in [-0.39, 0.29) is 18.4 Å². The van der Waals surface area contributed by atoms with Crippen molar-refractivity contribution in [3.05, 3.63) is 35.4 Å². The fourth-order valence-electron chi connectivity index (χ4n) is 1.05. The summed E-state index contributed by atoms with van der Waals surface area (Å²) in [6.45, 7) is 0. The maximum absolute atomic E-state index is 12.6. The molecule has 0 aliphatic carbocycles. The third kappa shape index (κ3) is 2.73. The van der Waals surface area contributed by atoms with Crippen LogP contribution in [0.1, 0.15) is 23.2 Å². The highest BCUT2D eigenvalue weighted by molar-refractivity contribution is 5.96. The van der Waals surface area contributed by atoms with Crippen LogP contribution in [0.4, 0.5) is 8.78 Å². The summed E-state index contributed by atoms with van der Waals surface area (Å²) >= 11 is 0. The number of halogens is 2. The minimum atomic E-state index is -0.792. The van der Waals surface area contributed by atoms with Crippen molar-refractivity contribution < 1.29 is 18.4 Å². The number of hydrogen-bond acceptors (Lipinski definition) is 2. The molecule has 14 heavy (non-hydrogen) atoms. The van der Waals surface area contributed by atoms with Crippen molar-refractivity contribution in [2.75, 3.05) is 0 Å². The van der Waals surface area contributed by atoms with Crippen LogP contribution in [0.5, 0.6) is 0 Å². The van der Waals surface area contributed by atoms with Crippen molar-refractivity contribution in [1.82, 2.24) is 0 Å². The van der Waals surface area contributed by atoms with E-state index in [4.69, 9.17) is 0 Å². The molecule has 0 radical (unpaired) electrons. The van der Waals surface area contributed by atoms with Gasteiger partial charge in [-0.25, -0.2) is 8.78 Å². The molecular weight excluding hydrogens is 190 g/mol. The molecule has 0 heterocycles. The second-order valence-electron chi connectivity index (χ2n) is 2.79. The minimum absolute atomic E-state index is 0.0214. The van der Waals surface area contributed by atoms with Gasteiger partial charge in [0.2, 0.25) is 0 Å². The molecule has 74 valence electrons. The highest BCUT2D eigenvalue weighted by atomic mass is 19.1. The van der Waals surface area contributed by atoms with E-state index in [1.54, 1.807) is 0 Å². The molecule has 0 amide bonds. The molecular formula is C10H8F2O2. The first-order valence-electron chi connectivity index (χ1n) is 4.06. The highest BCUT2D eigenvalue weighted by Gasteiger charge is 2.08. The number of carbonyl (C=O) groups is 2. The second-order valence-corrected chi connectivity index (χ2v) is 2.79. The molecule has 0 aromatic heterocycles. The Bertz CT molecular complexity index is 341. The molecule has 2 nitrogen and oxygen atoms in total. The number of Topliss-reactive ketones (excluding diaryl/α,β-unsaturated/α-hetero) is 1. The average Bonchev–Trinajstić information content (AvgIpc) is 2.12. The first-order valence-corrected chi connectivity index (χ1v) is 4.06. The van der Waals surface area contributed by atoms with E-state index in [0.717, 1.165) is 12.1 Å². The van der Waals surface area contributed by atoms with Gasteiger partial charge >= 0.3 is 0 Å². The maximum Gasteiger partial charge on any atom is 0.163 e. The Hall–Kier alpha value is -1.58. The average molecular weight is 198 g/mol. The molecule has 0 aliphatic rings. The zero-order chi connectivity index (χ0) is 10.6. The van der Waals surface area contributed by atoms with Gasteiger partial charge in [-0.05, 0) is 12.1 Å². The van der Waals surface area contributed by atoms with Crippen molar-refractivity contribution >= 4 is 12.1 Å². The lowest BCUT2D eigenvalue weighted by molar-refractivity contribution is -0.107. The SMILES string of the molecule is O=CCCC(=O)c1cc(F)cc(F)c1. The van der Waals surface area contributed by atoms with Crippen molar-refractivity contribution in [2.24, 2.45) is 0 Å². The monoisotopic (exact) mass is 198 g/mol. The summed E-state index contributed by atoms with van der Waals surface area (Å²) in [7, 11) is 0. The van der Waals surface area contributed by atoms with E-state index in [0.29, 0.717) is 12.4 Å². The number of carbonyl (C=O) groups excluding carboxylic acids is 2. The fraction of sp³-hybridized carbons (Fsp3) is 0.200. The normalized spacial score (nSPS) is 9.86. The molecule has 0 spiro atoms. The summed E-state index contributed by atoms with van der Waals surface area (Å²) in [6.07, 6.45) is 0.636. The Labute approximate surface area is 79.5 Å². The standard InChI is InChI=1S/C10H8F2O2/c11-8-4-7(5-9(12)6-8)10(14)2-1-3-13/h3-6H,1-2H2. The maximum atomic E-state index is 12.6. The van der Waals surface area contributed by atoms with E-state index < -0.39 is 17.4 Å². The van der Waals surface area contributed by atoms with Crippen LogP contribution in [0, 0.1) is 11.6 Å². The molecule has 1 aromatic rings. The Morgan fingerprint density at radius 3 is 2.29 bits per heavy atom. The van der Waals surface area contributed by atoms with Gasteiger partial charge in [0.1, 0.15) is 17.9 Å². The number of benzene rings is 1. The first kappa shape index (κ1) is 10.5. The van der Waals surface area contributed by atoms with Crippen LogP contribution in [-0.4, -0.2) is 12.1 Å². The van der Waals surface area contributed by atoms with Gasteiger partial charge in [0, 0.05) is 24.5 Å². The zero-order valence-electron chi connectivity index (χ0n) is 7.30. The number of hydrogen-bond donors (Lipinski definition) is 0. The summed E-state index contributed by atoms with van der Waals surface area (Å²) < 4.78 is 25.3. The van der Waals surface area contributed by atoms with Crippen molar-refractivity contribution in [3.63, 3.8) is 0 Å². The van der Waals surface area contributed by atoms with Crippen molar-refractivity contribution in [2.45, 2.75) is 12.8 Å². The summed E-state index contributed by atoms with van der Waals surface area (Å²) in [5, 5.41) is 0. The number of aldehydes is 1. The van der Waals surface area contributed by atoms with Gasteiger partial charge in [-0.3, -0.25) is 4.79 Å². The predicted molar refractivity (Wildman–Crippen MR) is 46.0 cm³/mol. The second kappa shape index (κ2) is 4.60. The van der Waals surface area contributed by atoms with Gasteiger partial charge in [0.25, 0.3) is 0 Å². The summed E-state index contributed by atoms with van der Waals surface area (Å²) in [5.74, 6) is -2.02. The van der Waals surface area contributed by atoms with Crippen LogP contribution in [0.2, 0.25) is 0 Å². The third-order valence-electron chi connectivity index (χ3n) is 1.67. The lowest BCUT2D eigenvalue weighted by Crippen LogP contribution is -2.00. The van der Waals surface area contributed by atoms with Gasteiger partial charge in [0.05, 0.1) is 0 Å². The van der Waals surface area contributed by atoms with Gasteiger partial charge in [-0.1, -0.05) is 0 Å². The molecule has 0 bridgehead atoms. The fourth-order valence-corrected chi connectivity index (χ4v) is 1.05. The van der Waals surface area contributed by atoms with E-state index in [1.807, 2.05) is 0 Å². The molecule has 0 unspecified atom stereocenters. The first-order chi connectivity index (χ1) is 6.63. The molecule has 0 fully saturated rings. The number of rotatable bonds is 4. The third-order valence-corrected chi connectivity index (χ3v) is 1.67. The molecule has 4 heteroatoms. The molecule has 1 aromatic carbocycles. The lowest BCUT2D eigenvalue weighted by Gasteiger charge is -1.99. The number of ketones is 1. The van der Waals surface area contributed by atoms with Crippen LogP contribution in [0.3, 0.4) is 0 Å². The molecule has 0 atom stereocenters. The molecule has 1 rings (SSSR count). The van der Waals surface area contributed by atoms with Crippen LogP contribution >= 0.6 is 0 Å². The van der Waals surface area contributed by atoms with Crippen LogP contribution in [-0.2, 0) is 4.79 Å². The molecule has 0 aliphatic heterocycles. The van der Waals surface area contributed by atoms with E-state index >= 15 is 0 Å². The minimum Gasteiger partial charge on any atom is -0.303 e. The Balaban J connectivity index is 2.84. The van der Waals surface area contributed by atoms with Crippen molar-refractivity contribution in [1.29, 1.82) is 0 Å². The topological polar surface area (TPSA) is 34.1 Å². The van der Waals surface area contributed by atoms with Gasteiger partial charge in [-0.2, -0.15) is 0 Å². The Morgan fingerprint density at radius 2 is 1.79 bits per heavy atom. The molecule has 0 saturated heterocycles. The van der Waals surface area contributed by atoms with E-state index in [1.165, 1.54) is 0 Å². The van der Waals surface area contributed by atoms with Crippen LogP contribution < -0.4 is 0 Å². The Kier molecular flexibility index (Phi) is 3.45. The van der Waals surface area contributed by atoms with E-state index in [9.17, 15) is 18.4 Å². The molecule has 0 N–H and O–H groups in total. The zero-order valence-corrected chi connectivity index (χ0v) is 7.30. The quantitative estimate of drug-likeness (QED) is 0.548. The van der Waals surface area contributed by atoms with Crippen LogP contribution in [0.25, 0.3) is 0 Å². The Morgan fingerprint density at radius 1 is 1.21 bits per heavy atom. The summed E-state index contributed by atoms with van der Waals surface area (Å²) in [6, 6.07) is 2.60. The van der Waals surface area contributed by atoms with E-state index in [2.05, 4.69) is 0 Å². The van der Waals surface area contributed by atoms with Gasteiger partial charge < -0.3 is 4.79 Å².